The summed E-state index contributed by atoms with van der Waals surface area (Å²) >= 11 is 0. The first kappa shape index (κ1) is 8.11. The Morgan fingerprint density at radius 1 is 1.45 bits per heavy atom. The first-order valence-corrected chi connectivity index (χ1v) is 3.75. The van der Waals surface area contributed by atoms with Crippen LogP contribution in [0.5, 0.6) is 6.01 Å². The fourth-order valence-corrected chi connectivity index (χ4v) is 1.10. The molecule has 11 heavy (non-hydrogen) atoms. The average Bonchev–Trinajstić information content (AvgIpc) is 2.30. The number of H-pyrrole nitrogens is 1. The molecule has 0 bridgehead atoms. The number of aryl methyl sites for hydroxylation is 1. The Labute approximate surface area is 66.8 Å². The Kier molecular flexibility index (Phi) is 2.17. The average molecular weight is 154 g/mol. The van der Waals surface area contributed by atoms with Crippen LogP contribution in [0.4, 0.5) is 0 Å². The van der Waals surface area contributed by atoms with Gasteiger partial charge in [0.05, 0.1) is 12.8 Å². The van der Waals surface area contributed by atoms with Crippen molar-refractivity contribution in [2.75, 3.05) is 7.11 Å². The molecule has 0 spiro atoms. The summed E-state index contributed by atoms with van der Waals surface area (Å²) in [6.45, 7) is 6.23. The third-order valence-corrected chi connectivity index (χ3v) is 1.64. The zero-order valence-electron chi connectivity index (χ0n) is 7.43. The van der Waals surface area contributed by atoms with Crippen molar-refractivity contribution < 1.29 is 4.74 Å². The van der Waals surface area contributed by atoms with Crippen molar-refractivity contribution in [2.45, 2.75) is 26.7 Å². The van der Waals surface area contributed by atoms with E-state index in [1.165, 1.54) is 0 Å². The van der Waals surface area contributed by atoms with Crippen LogP contribution in [0, 0.1) is 6.92 Å². The van der Waals surface area contributed by atoms with Crippen LogP contribution in [0.15, 0.2) is 0 Å². The normalized spacial score (nSPS) is 10.6. The van der Waals surface area contributed by atoms with E-state index in [-0.39, 0.29) is 0 Å². The zero-order chi connectivity index (χ0) is 8.43. The molecule has 3 heteroatoms. The standard InChI is InChI=1S/C8H14N2O/c1-5(2)7-6(3)9-8(10-7)11-4/h5H,1-4H3,(H,9,10). The molecule has 0 radical (unpaired) electrons. The van der Waals surface area contributed by atoms with Crippen LogP contribution < -0.4 is 4.74 Å². The number of ether oxygens (including phenoxy) is 1. The lowest BCUT2D eigenvalue weighted by Crippen LogP contribution is -1.90. The summed E-state index contributed by atoms with van der Waals surface area (Å²) in [4.78, 5) is 7.29. The molecule has 1 rings (SSSR count). The van der Waals surface area contributed by atoms with Crippen LogP contribution in [0.2, 0.25) is 0 Å². The molecule has 0 fully saturated rings. The van der Waals surface area contributed by atoms with E-state index in [0.29, 0.717) is 11.9 Å². The van der Waals surface area contributed by atoms with Gasteiger partial charge in [-0.15, -0.1) is 0 Å². The third kappa shape index (κ3) is 1.53. The van der Waals surface area contributed by atoms with E-state index in [1.54, 1.807) is 7.11 Å². The van der Waals surface area contributed by atoms with Crippen LogP contribution in [0.1, 0.15) is 31.2 Å². The monoisotopic (exact) mass is 154 g/mol. The van der Waals surface area contributed by atoms with Crippen molar-refractivity contribution in [1.82, 2.24) is 9.97 Å². The number of hydrogen-bond acceptors (Lipinski definition) is 2. The molecule has 0 atom stereocenters. The largest absolute Gasteiger partial charge is 0.468 e. The van der Waals surface area contributed by atoms with E-state index >= 15 is 0 Å². The number of imidazole rings is 1. The molecule has 0 aromatic carbocycles. The van der Waals surface area contributed by atoms with Gasteiger partial charge in [-0.05, 0) is 12.8 Å². The molecule has 0 aliphatic rings. The predicted octanol–water partition coefficient (Wildman–Crippen LogP) is 1.85. The lowest BCUT2D eigenvalue weighted by atomic mass is 10.1. The van der Waals surface area contributed by atoms with Crippen molar-refractivity contribution in [2.24, 2.45) is 0 Å². The molecule has 3 nitrogen and oxygen atoms in total. The lowest BCUT2D eigenvalue weighted by molar-refractivity contribution is 0.383. The van der Waals surface area contributed by atoms with Gasteiger partial charge in [-0.2, -0.15) is 4.98 Å². The Morgan fingerprint density at radius 3 is 2.36 bits per heavy atom. The Balaban J connectivity index is 2.97. The Morgan fingerprint density at radius 2 is 2.09 bits per heavy atom. The summed E-state index contributed by atoms with van der Waals surface area (Å²) in [5, 5.41) is 0. The molecule has 0 aliphatic carbocycles. The van der Waals surface area contributed by atoms with E-state index in [9.17, 15) is 0 Å². The highest BCUT2D eigenvalue weighted by Gasteiger charge is 2.09. The first-order valence-electron chi connectivity index (χ1n) is 3.75. The lowest BCUT2D eigenvalue weighted by Gasteiger charge is -1.98. The molecule has 62 valence electrons. The molecule has 0 aliphatic heterocycles. The number of methoxy groups -OCH3 is 1. The van der Waals surface area contributed by atoms with E-state index in [1.807, 2.05) is 6.92 Å². The number of nitrogens with one attached hydrogen (secondary N) is 1. The van der Waals surface area contributed by atoms with Gasteiger partial charge in [0.2, 0.25) is 0 Å². The molecule has 0 saturated heterocycles. The molecule has 0 amide bonds. The predicted molar refractivity (Wildman–Crippen MR) is 44.0 cm³/mol. The molecular formula is C8H14N2O. The molecule has 1 N–H and O–H groups in total. The van der Waals surface area contributed by atoms with E-state index < -0.39 is 0 Å². The quantitative estimate of drug-likeness (QED) is 0.706. The van der Waals surface area contributed by atoms with E-state index in [0.717, 1.165) is 11.4 Å². The van der Waals surface area contributed by atoms with Crippen molar-refractivity contribution in [3.05, 3.63) is 11.4 Å². The minimum Gasteiger partial charge on any atom is -0.468 e. The molecular weight excluding hydrogens is 140 g/mol. The smallest absolute Gasteiger partial charge is 0.293 e. The zero-order valence-corrected chi connectivity index (χ0v) is 7.43. The third-order valence-electron chi connectivity index (χ3n) is 1.64. The maximum atomic E-state index is 4.96. The number of nitrogens with zero attached hydrogens (tertiary/aromatic N) is 1. The second-order valence-corrected chi connectivity index (χ2v) is 2.91. The van der Waals surface area contributed by atoms with Crippen LogP contribution in [-0.4, -0.2) is 17.1 Å². The molecule has 1 heterocycles. The highest BCUT2D eigenvalue weighted by molar-refractivity contribution is 5.18. The van der Waals surface area contributed by atoms with E-state index in [4.69, 9.17) is 4.74 Å². The Bertz CT molecular complexity index is 240. The summed E-state index contributed by atoms with van der Waals surface area (Å²) < 4.78 is 4.96. The minimum absolute atomic E-state index is 0.454. The number of aromatic nitrogens is 2. The van der Waals surface area contributed by atoms with Crippen molar-refractivity contribution in [1.29, 1.82) is 0 Å². The van der Waals surface area contributed by atoms with Gasteiger partial charge in [0.1, 0.15) is 0 Å². The van der Waals surface area contributed by atoms with Gasteiger partial charge in [0, 0.05) is 5.69 Å². The summed E-state index contributed by atoms with van der Waals surface area (Å²) in [7, 11) is 1.61. The van der Waals surface area contributed by atoms with Crippen LogP contribution >= 0.6 is 0 Å². The van der Waals surface area contributed by atoms with Crippen LogP contribution in [0.25, 0.3) is 0 Å². The van der Waals surface area contributed by atoms with Gasteiger partial charge in [0.15, 0.2) is 0 Å². The SMILES string of the molecule is COc1nc(C(C)C)c(C)[nH]1. The number of rotatable bonds is 2. The number of hydrogen-bond donors (Lipinski definition) is 1. The fourth-order valence-electron chi connectivity index (χ4n) is 1.10. The Hall–Kier alpha value is -0.990. The van der Waals surface area contributed by atoms with Gasteiger partial charge < -0.3 is 9.72 Å². The highest BCUT2D eigenvalue weighted by Crippen LogP contribution is 2.18. The summed E-state index contributed by atoms with van der Waals surface area (Å²) in [5.74, 6) is 0.454. The fraction of sp³-hybridized carbons (Fsp3) is 0.625. The van der Waals surface area contributed by atoms with E-state index in [2.05, 4.69) is 23.8 Å². The minimum atomic E-state index is 0.454. The van der Waals surface area contributed by atoms with Crippen molar-refractivity contribution in [3.8, 4) is 6.01 Å². The summed E-state index contributed by atoms with van der Waals surface area (Å²) in [6.07, 6.45) is 0. The molecule has 1 aromatic heterocycles. The highest BCUT2D eigenvalue weighted by atomic mass is 16.5. The second kappa shape index (κ2) is 2.95. The van der Waals surface area contributed by atoms with Gasteiger partial charge in [-0.3, -0.25) is 0 Å². The van der Waals surface area contributed by atoms with Gasteiger partial charge in [-0.25, -0.2) is 0 Å². The van der Waals surface area contributed by atoms with Gasteiger partial charge in [-0.1, -0.05) is 13.8 Å². The van der Waals surface area contributed by atoms with Gasteiger partial charge in [0.25, 0.3) is 6.01 Å². The van der Waals surface area contributed by atoms with Crippen molar-refractivity contribution in [3.63, 3.8) is 0 Å². The maximum absolute atomic E-state index is 4.96. The molecule has 1 aromatic rings. The van der Waals surface area contributed by atoms with Crippen LogP contribution in [0.3, 0.4) is 0 Å². The summed E-state index contributed by atoms with van der Waals surface area (Å²) in [6, 6.07) is 0.603. The first-order chi connectivity index (χ1) is 5.15. The van der Waals surface area contributed by atoms with Crippen molar-refractivity contribution >= 4 is 0 Å². The molecule has 0 unspecified atom stereocenters. The topological polar surface area (TPSA) is 37.9 Å². The van der Waals surface area contributed by atoms with Crippen LogP contribution in [-0.2, 0) is 0 Å². The second-order valence-electron chi connectivity index (χ2n) is 2.91. The maximum Gasteiger partial charge on any atom is 0.293 e. The molecule has 0 saturated carbocycles. The summed E-state index contributed by atoms with van der Waals surface area (Å²) in [5.41, 5.74) is 2.18. The number of aromatic amines is 1. The van der Waals surface area contributed by atoms with Gasteiger partial charge >= 0.3 is 0 Å².